The van der Waals surface area contributed by atoms with E-state index in [-0.39, 0.29) is 0 Å². The summed E-state index contributed by atoms with van der Waals surface area (Å²) in [4.78, 5) is 0. The Bertz CT molecular complexity index is 356. The Morgan fingerprint density at radius 2 is 2.19 bits per heavy atom. The van der Waals surface area contributed by atoms with Gasteiger partial charge in [-0.15, -0.1) is 0 Å². The summed E-state index contributed by atoms with van der Waals surface area (Å²) in [6.45, 7) is 7.33. The van der Waals surface area contributed by atoms with E-state index < -0.39 is 0 Å². The van der Waals surface area contributed by atoms with Crippen LogP contribution in [0.1, 0.15) is 43.6 Å². The molecule has 1 aliphatic carbocycles. The van der Waals surface area contributed by atoms with Crippen LogP contribution >= 0.6 is 0 Å². The van der Waals surface area contributed by atoms with Gasteiger partial charge in [-0.25, -0.2) is 0 Å². The van der Waals surface area contributed by atoms with Crippen LogP contribution in [0.3, 0.4) is 0 Å². The van der Waals surface area contributed by atoms with Crippen LogP contribution in [0.15, 0.2) is 6.07 Å². The summed E-state index contributed by atoms with van der Waals surface area (Å²) in [5.74, 6) is 1.41. The highest BCUT2D eigenvalue weighted by Gasteiger charge is 2.30. The quantitative estimate of drug-likeness (QED) is 0.833. The van der Waals surface area contributed by atoms with Crippen LogP contribution in [-0.2, 0) is 0 Å². The maximum atomic E-state index is 5.89. The number of nitrogens with zero attached hydrogens (tertiary/aromatic N) is 2. The lowest BCUT2D eigenvalue weighted by molar-refractivity contribution is 0.182. The van der Waals surface area contributed by atoms with Crippen molar-refractivity contribution in [1.82, 2.24) is 9.78 Å². The maximum Gasteiger partial charge on any atom is 0.0596 e. The van der Waals surface area contributed by atoms with Gasteiger partial charge in [0.2, 0.25) is 0 Å². The zero-order chi connectivity index (χ0) is 11.7. The van der Waals surface area contributed by atoms with E-state index in [4.69, 9.17) is 5.73 Å². The fourth-order valence-corrected chi connectivity index (χ4v) is 2.97. The van der Waals surface area contributed by atoms with Crippen LogP contribution in [0.4, 0.5) is 0 Å². The molecule has 3 unspecified atom stereocenters. The third kappa shape index (κ3) is 2.14. The van der Waals surface area contributed by atoms with Crippen molar-refractivity contribution in [3.05, 3.63) is 17.5 Å². The van der Waals surface area contributed by atoms with Crippen molar-refractivity contribution < 1.29 is 0 Å². The van der Waals surface area contributed by atoms with Gasteiger partial charge in [-0.2, -0.15) is 5.10 Å². The summed E-state index contributed by atoms with van der Waals surface area (Å²) in [6, 6.07) is 2.68. The summed E-state index contributed by atoms with van der Waals surface area (Å²) in [6.07, 6.45) is 3.79. The molecule has 0 spiro atoms. The van der Waals surface area contributed by atoms with Crippen LogP contribution in [0.5, 0.6) is 0 Å². The minimum Gasteiger partial charge on any atom is -0.330 e. The highest BCUT2D eigenvalue weighted by atomic mass is 15.3. The lowest BCUT2D eigenvalue weighted by atomic mass is 9.79. The van der Waals surface area contributed by atoms with E-state index in [1.807, 2.05) is 0 Å². The van der Waals surface area contributed by atoms with Crippen LogP contribution in [-0.4, -0.2) is 16.3 Å². The zero-order valence-electron chi connectivity index (χ0n) is 10.6. The van der Waals surface area contributed by atoms with Gasteiger partial charge >= 0.3 is 0 Å². The molecule has 16 heavy (non-hydrogen) atoms. The number of hydrogen-bond acceptors (Lipinski definition) is 2. The molecule has 1 aromatic rings. The summed E-state index contributed by atoms with van der Waals surface area (Å²) >= 11 is 0. The molecule has 1 fully saturated rings. The monoisotopic (exact) mass is 221 g/mol. The molecule has 0 aliphatic heterocycles. The van der Waals surface area contributed by atoms with Gasteiger partial charge in [-0.05, 0) is 51.1 Å². The molecule has 0 radical (unpaired) electrons. The molecule has 3 heteroatoms. The lowest BCUT2D eigenvalue weighted by Gasteiger charge is -2.35. The Balaban J connectivity index is 2.25. The average molecular weight is 221 g/mol. The number of hydrogen-bond donors (Lipinski definition) is 1. The smallest absolute Gasteiger partial charge is 0.0596 e. The number of aromatic nitrogens is 2. The zero-order valence-corrected chi connectivity index (χ0v) is 10.6. The molecule has 2 rings (SSSR count). The first-order valence-corrected chi connectivity index (χ1v) is 6.34. The minimum absolute atomic E-state index is 0.516. The van der Waals surface area contributed by atoms with Gasteiger partial charge < -0.3 is 5.73 Å². The Kier molecular flexibility index (Phi) is 3.33. The van der Waals surface area contributed by atoms with Gasteiger partial charge in [0.15, 0.2) is 0 Å². The third-order valence-corrected chi connectivity index (χ3v) is 3.88. The first-order valence-electron chi connectivity index (χ1n) is 6.34. The van der Waals surface area contributed by atoms with Crippen molar-refractivity contribution in [1.29, 1.82) is 0 Å². The molecule has 1 heterocycles. The standard InChI is InChI=1S/C13H23N3/c1-9-4-5-12(8-14)13(6-9)16-11(3)7-10(2)15-16/h7,9,12-13H,4-6,8,14H2,1-3H3. The fourth-order valence-electron chi connectivity index (χ4n) is 2.97. The molecular formula is C13H23N3. The molecule has 2 N–H and O–H groups in total. The normalized spacial score (nSPS) is 30.6. The first-order chi connectivity index (χ1) is 7.61. The van der Waals surface area contributed by atoms with E-state index in [0.717, 1.165) is 18.2 Å². The van der Waals surface area contributed by atoms with Gasteiger partial charge in [-0.1, -0.05) is 13.3 Å². The predicted molar refractivity (Wildman–Crippen MR) is 66.3 cm³/mol. The highest BCUT2D eigenvalue weighted by molar-refractivity contribution is 5.08. The SMILES string of the molecule is Cc1cc(C)n(C2CC(C)CCC2CN)n1. The van der Waals surface area contributed by atoms with Crippen LogP contribution in [0, 0.1) is 25.7 Å². The predicted octanol–water partition coefficient (Wildman–Crippen LogP) is 2.44. The van der Waals surface area contributed by atoms with E-state index >= 15 is 0 Å². The Hall–Kier alpha value is -0.830. The largest absolute Gasteiger partial charge is 0.330 e. The molecular weight excluding hydrogens is 198 g/mol. The number of rotatable bonds is 2. The molecule has 3 nitrogen and oxygen atoms in total. The molecule has 1 aromatic heterocycles. The Morgan fingerprint density at radius 1 is 1.44 bits per heavy atom. The second-order valence-corrected chi connectivity index (χ2v) is 5.35. The van der Waals surface area contributed by atoms with Crippen molar-refractivity contribution in [2.75, 3.05) is 6.54 Å². The van der Waals surface area contributed by atoms with E-state index in [1.165, 1.54) is 25.0 Å². The maximum absolute atomic E-state index is 5.89. The Labute approximate surface area is 98.0 Å². The number of aryl methyl sites for hydroxylation is 2. The van der Waals surface area contributed by atoms with Gasteiger partial charge in [0, 0.05) is 5.69 Å². The molecule has 1 saturated carbocycles. The lowest BCUT2D eigenvalue weighted by Crippen LogP contribution is -2.32. The summed E-state index contributed by atoms with van der Waals surface area (Å²) in [7, 11) is 0. The molecule has 3 atom stereocenters. The van der Waals surface area contributed by atoms with Crippen molar-refractivity contribution in [2.24, 2.45) is 17.6 Å². The second-order valence-electron chi connectivity index (χ2n) is 5.35. The van der Waals surface area contributed by atoms with Gasteiger partial charge in [0.25, 0.3) is 0 Å². The van der Waals surface area contributed by atoms with E-state index in [0.29, 0.717) is 12.0 Å². The van der Waals surface area contributed by atoms with Crippen molar-refractivity contribution in [3.63, 3.8) is 0 Å². The number of nitrogens with two attached hydrogens (primary N) is 1. The molecule has 1 aliphatic rings. The van der Waals surface area contributed by atoms with Crippen molar-refractivity contribution >= 4 is 0 Å². The van der Waals surface area contributed by atoms with Crippen LogP contribution < -0.4 is 5.73 Å². The first kappa shape index (κ1) is 11.6. The molecule has 0 bridgehead atoms. The molecule has 0 aromatic carbocycles. The van der Waals surface area contributed by atoms with Gasteiger partial charge in [0.05, 0.1) is 11.7 Å². The van der Waals surface area contributed by atoms with Crippen molar-refractivity contribution in [2.45, 2.75) is 46.1 Å². The molecule has 0 saturated heterocycles. The topological polar surface area (TPSA) is 43.8 Å². The third-order valence-electron chi connectivity index (χ3n) is 3.88. The second kappa shape index (κ2) is 4.58. The van der Waals surface area contributed by atoms with Gasteiger partial charge in [0.1, 0.15) is 0 Å². The summed E-state index contributed by atoms with van der Waals surface area (Å²) in [5.41, 5.74) is 8.28. The van der Waals surface area contributed by atoms with E-state index in [1.54, 1.807) is 0 Å². The van der Waals surface area contributed by atoms with Crippen molar-refractivity contribution in [3.8, 4) is 0 Å². The van der Waals surface area contributed by atoms with Crippen LogP contribution in [0.25, 0.3) is 0 Å². The summed E-state index contributed by atoms with van der Waals surface area (Å²) < 4.78 is 2.21. The fraction of sp³-hybridized carbons (Fsp3) is 0.769. The summed E-state index contributed by atoms with van der Waals surface area (Å²) in [5, 5.41) is 4.63. The molecule has 90 valence electrons. The average Bonchev–Trinajstić information content (AvgIpc) is 2.57. The van der Waals surface area contributed by atoms with E-state index in [9.17, 15) is 0 Å². The van der Waals surface area contributed by atoms with Gasteiger partial charge in [-0.3, -0.25) is 4.68 Å². The minimum atomic E-state index is 0.516. The Morgan fingerprint density at radius 3 is 2.75 bits per heavy atom. The highest BCUT2D eigenvalue weighted by Crippen LogP contribution is 2.36. The molecule has 0 amide bonds. The van der Waals surface area contributed by atoms with E-state index in [2.05, 4.69) is 36.6 Å². The van der Waals surface area contributed by atoms with Crippen LogP contribution in [0.2, 0.25) is 0 Å².